The summed E-state index contributed by atoms with van der Waals surface area (Å²) in [6, 6.07) is 16.2. The van der Waals surface area contributed by atoms with E-state index in [1.54, 1.807) is 25.3 Å². The Morgan fingerprint density at radius 3 is 2.44 bits per heavy atom. The minimum Gasteiger partial charge on any atom is -0.390 e. The lowest BCUT2D eigenvalue weighted by molar-refractivity contribution is -0.133. The number of nitrogens with zero attached hydrogens (tertiary/aromatic N) is 1. The first kappa shape index (κ1) is 23.5. The third-order valence-corrected chi connectivity index (χ3v) is 5.99. The SMILES string of the molecule is Cc1cc(C#Cc2ccccc2)cnc1NC(=O)c1cc(NC(=O)C2CC(C)(O)C2)ccc1Cl. The molecule has 3 aromatic rings. The molecule has 2 aromatic carbocycles. The second kappa shape index (κ2) is 9.68. The molecule has 0 unspecified atom stereocenters. The highest BCUT2D eigenvalue weighted by atomic mass is 35.5. The minimum atomic E-state index is -0.791. The first-order valence-corrected chi connectivity index (χ1v) is 11.3. The number of anilines is 2. The highest BCUT2D eigenvalue weighted by Gasteiger charge is 2.42. The number of carbonyl (C=O) groups is 2. The van der Waals surface area contributed by atoms with E-state index >= 15 is 0 Å². The summed E-state index contributed by atoms with van der Waals surface area (Å²) < 4.78 is 0. The van der Waals surface area contributed by atoms with Gasteiger partial charge in [-0.1, -0.05) is 41.6 Å². The van der Waals surface area contributed by atoms with Gasteiger partial charge in [-0.05, 0) is 68.7 Å². The predicted molar refractivity (Wildman–Crippen MR) is 133 cm³/mol. The van der Waals surface area contributed by atoms with Gasteiger partial charge in [-0.2, -0.15) is 0 Å². The van der Waals surface area contributed by atoms with Crippen molar-refractivity contribution in [3.8, 4) is 11.8 Å². The van der Waals surface area contributed by atoms with Crippen LogP contribution in [0, 0.1) is 24.7 Å². The smallest absolute Gasteiger partial charge is 0.258 e. The van der Waals surface area contributed by atoms with Gasteiger partial charge in [-0.25, -0.2) is 4.98 Å². The number of nitrogens with one attached hydrogen (secondary N) is 2. The Labute approximate surface area is 203 Å². The minimum absolute atomic E-state index is 0.190. The van der Waals surface area contributed by atoms with Crippen LogP contribution in [-0.4, -0.2) is 27.5 Å². The van der Waals surface area contributed by atoms with E-state index in [1.165, 1.54) is 6.07 Å². The molecule has 0 radical (unpaired) electrons. The molecule has 3 N–H and O–H groups in total. The van der Waals surface area contributed by atoms with Crippen LogP contribution in [0.2, 0.25) is 5.02 Å². The summed E-state index contributed by atoms with van der Waals surface area (Å²) in [4.78, 5) is 29.6. The fraction of sp³-hybridized carbons (Fsp3) is 0.222. The largest absolute Gasteiger partial charge is 0.390 e. The van der Waals surface area contributed by atoms with Crippen molar-refractivity contribution < 1.29 is 14.7 Å². The predicted octanol–water partition coefficient (Wildman–Crippen LogP) is 4.80. The molecule has 1 aliphatic carbocycles. The molecule has 0 aliphatic heterocycles. The molecule has 1 saturated carbocycles. The van der Waals surface area contributed by atoms with Crippen LogP contribution in [0.4, 0.5) is 11.5 Å². The fourth-order valence-electron chi connectivity index (χ4n) is 3.82. The molecular formula is C27H24ClN3O3. The van der Waals surface area contributed by atoms with Gasteiger partial charge in [0, 0.05) is 28.9 Å². The van der Waals surface area contributed by atoms with E-state index in [0.717, 1.165) is 16.7 Å². The zero-order chi connectivity index (χ0) is 24.3. The number of benzene rings is 2. The second-order valence-electron chi connectivity index (χ2n) is 8.75. The molecule has 0 bridgehead atoms. The van der Waals surface area contributed by atoms with E-state index in [-0.39, 0.29) is 22.4 Å². The monoisotopic (exact) mass is 473 g/mol. The van der Waals surface area contributed by atoms with Crippen molar-refractivity contribution in [2.45, 2.75) is 32.3 Å². The molecule has 7 heteroatoms. The Morgan fingerprint density at radius 2 is 1.76 bits per heavy atom. The van der Waals surface area contributed by atoms with Gasteiger partial charge >= 0.3 is 0 Å². The van der Waals surface area contributed by atoms with E-state index in [4.69, 9.17) is 11.6 Å². The number of rotatable bonds is 4. The van der Waals surface area contributed by atoms with Gasteiger partial charge in [-0.15, -0.1) is 0 Å². The summed E-state index contributed by atoms with van der Waals surface area (Å²) in [5, 5.41) is 15.7. The summed E-state index contributed by atoms with van der Waals surface area (Å²) in [6.07, 6.45) is 2.43. The first-order valence-electron chi connectivity index (χ1n) is 10.9. The van der Waals surface area contributed by atoms with Crippen LogP contribution in [0.3, 0.4) is 0 Å². The maximum Gasteiger partial charge on any atom is 0.258 e. The van der Waals surface area contributed by atoms with Crippen LogP contribution in [-0.2, 0) is 4.79 Å². The van der Waals surface area contributed by atoms with Crippen molar-refractivity contribution in [1.29, 1.82) is 0 Å². The van der Waals surface area contributed by atoms with Gasteiger partial charge in [0.15, 0.2) is 0 Å². The number of carbonyl (C=O) groups excluding carboxylic acids is 2. The van der Waals surface area contributed by atoms with Crippen molar-refractivity contribution in [2.24, 2.45) is 5.92 Å². The average Bonchev–Trinajstić information content (AvgIpc) is 2.79. The molecule has 6 nitrogen and oxygen atoms in total. The highest BCUT2D eigenvalue weighted by molar-refractivity contribution is 6.34. The Balaban J connectivity index is 1.44. The highest BCUT2D eigenvalue weighted by Crippen LogP contribution is 2.38. The Bertz CT molecular complexity index is 1300. The van der Waals surface area contributed by atoms with Gasteiger partial charge in [-0.3, -0.25) is 9.59 Å². The van der Waals surface area contributed by atoms with E-state index < -0.39 is 11.5 Å². The third kappa shape index (κ3) is 5.63. The number of halogens is 1. The number of aliphatic hydroxyl groups is 1. The van der Waals surface area contributed by atoms with Gasteiger partial charge < -0.3 is 15.7 Å². The average molecular weight is 474 g/mol. The summed E-state index contributed by atoms with van der Waals surface area (Å²) >= 11 is 6.25. The van der Waals surface area contributed by atoms with E-state index in [1.807, 2.05) is 43.3 Å². The lowest BCUT2D eigenvalue weighted by Crippen LogP contribution is -2.46. The maximum absolute atomic E-state index is 12.9. The van der Waals surface area contributed by atoms with Crippen LogP contribution in [0.15, 0.2) is 60.8 Å². The van der Waals surface area contributed by atoms with E-state index in [2.05, 4.69) is 27.5 Å². The van der Waals surface area contributed by atoms with Crippen molar-refractivity contribution in [1.82, 2.24) is 4.98 Å². The molecular weight excluding hydrogens is 450 g/mol. The molecule has 0 spiro atoms. The topological polar surface area (TPSA) is 91.3 Å². The molecule has 172 valence electrons. The summed E-state index contributed by atoms with van der Waals surface area (Å²) in [5.74, 6) is 5.67. The second-order valence-corrected chi connectivity index (χ2v) is 9.15. The van der Waals surface area contributed by atoms with Crippen LogP contribution in [0.1, 0.15) is 46.8 Å². The first-order chi connectivity index (χ1) is 16.2. The molecule has 1 heterocycles. The Morgan fingerprint density at radius 1 is 1.06 bits per heavy atom. The van der Waals surface area contributed by atoms with Crippen molar-refractivity contribution >= 4 is 34.9 Å². The molecule has 0 saturated heterocycles. The van der Waals surface area contributed by atoms with Crippen LogP contribution >= 0.6 is 11.6 Å². The zero-order valence-corrected chi connectivity index (χ0v) is 19.6. The van der Waals surface area contributed by atoms with Crippen molar-refractivity contribution in [2.75, 3.05) is 10.6 Å². The molecule has 0 atom stereocenters. The van der Waals surface area contributed by atoms with Crippen LogP contribution < -0.4 is 10.6 Å². The number of amides is 2. The normalized spacial score (nSPS) is 18.8. The van der Waals surface area contributed by atoms with Crippen molar-refractivity contribution in [3.63, 3.8) is 0 Å². The van der Waals surface area contributed by atoms with Crippen LogP contribution in [0.25, 0.3) is 0 Å². The number of hydrogen-bond acceptors (Lipinski definition) is 4. The van der Waals surface area contributed by atoms with Gasteiger partial charge in [0.1, 0.15) is 5.82 Å². The van der Waals surface area contributed by atoms with E-state index in [9.17, 15) is 14.7 Å². The molecule has 2 amide bonds. The van der Waals surface area contributed by atoms with Gasteiger partial charge in [0.2, 0.25) is 5.91 Å². The molecule has 34 heavy (non-hydrogen) atoms. The summed E-state index contributed by atoms with van der Waals surface area (Å²) in [6.45, 7) is 3.54. The Kier molecular flexibility index (Phi) is 6.69. The zero-order valence-electron chi connectivity index (χ0n) is 18.9. The summed E-state index contributed by atoms with van der Waals surface area (Å²) in [7, 11) is 0. The maximum atomic E-state index is 12.9. The number of hydrogen-bond donors (Lipinski definition) is 3. The number of aryl methyl sites for hydroxylation is 1. The quantitative estimate of drug-likeness (QED) is 0.475. The van der Waals surface area contributed by atoms with E-state index in [0.29, 0.717) is 24.3 Å². The lowest BCUT2D eigenvalue weighted by atomic mass is 9.72. The van der Waals surface area contributed by atoms with Crippen molar-refractivity contribution in [3.05, 3.63) is 88.1 Å². The Hall–Kier alpha value is -3.66. The standard InChI is InChI=1S/C27H24ClN3O3/c1-17-12-19(9-8-18-6-4-3-5-7-18)16-29-24(17)31-26(33)22-13-21(10-11-23(22)28)30-25(32)20-14-27(2,34)15-20/h3-7,10-13,16,20,34H,14-15H2,1-2H3,(H,30,32)(H,29,31,33). The van der Waals surface area contributed by atoms with Crippen LogP contribution in [0.5, 0.6) is 0 Å². The van der Waals surface area contributed by atoms with Gasteiger partial charge in [0.25, 0.3) is 5.91 Å². The molecule has 1 fully saturated rings. The lowest BCUT2D eigenvalue weighted by Gasteiger charge is -2.39. The number of aromatic nitrogens is 1. The number of pyridine rings is 1. The summed E-state index contributed by atoms with van der Waals surface area (Å²) in [5.41, 5.74) is 2.28. The molecule has 1 aliphatic rings. The third-order valence-electron chi connectivity index (χ3n) is 5.66. The van der Waals surface area contributed by atoms with Gasteiger partial charge in [0.05, 0.1) is 16.2 Å². The fourth-order valence-corrected chi connectivity index (χ4v) is 4.03. The molecule has 1 aromatic heterocycles. The molecule has 4 rings (SSSR count).